The Labute approximate surface area is 124 Å². The lowest BCUT2D eigenvalue weighted by atomic mass is 9.98. The summed E-state index contributed by atoms with van der Waals surface area (Å²) in [5.41, 5.74) is 2.01. The van der Waals surface area contributed by atoms with Crippen LogP contribution < -0.4 is 10.5 Å². The van der Waals surface area contributed by atoms with Gasteiger partial charge >= 0.3 is 0 Å². The summed E-state index contributed by atoms with van der Waals surface area (Å²) in [5, 5.41) is 8.03. The lowest BCUT2D eigenvalue weighted by Crippen LogP contribution is -2.29. The van der Waals surface area contributed by atoms with Crippen molar-refractivity contribution in [3.05, 3.63) is 23.3 Å². The van der Waals surface area contributed by atoms with Crippen LogP contribution in [0.25, 0.3) is 0 Å². The number of hydrogen-bond acceptors (Lipinski definition) is 4. The largest absolute Gasteiger partial charge is 0.381 e. The third-order valence-corrected chi connectivity index (χ3v) is 4.57. The second-order valence-corrected chi connectivity index (χ2v) is 6.91. The summed E-state index contributed by atoms with van der Waals surface area (Å²) in [7, 11) is -3.74. The first-order valence-electron chi connectivity index (χ1n) is 6.81. The summed E-state index contributed by atoms with van der Waals surface area (Å²) in [6.45, 7) is 4.70. The van der Waals surface area contributed by atoms with Crippen LogP contribution in [0.5, 0.6) is 0 Å². The number of hydrogen-bond donors (Lipinski definition) is 2. The van der Waals surface area contributed by atoms with Crippen LogP contribution in [0.4, 0.5) is 5.69 Å². The number of sulfonamides is 1. The first kappa shape index (κ1) is 15.9. The molecule has 0 aliphatic carbocycles. The molecule has 0 unspecified atom stereocenters. The SMILES string of the molecule is Cc1cc(S(N)(=O)=O)cc(C)c1NC(=O)C1CCOCC1. The third kappa shape index (κ3) is 3.81. The van der Waals surface area contributed by atoms with Crippen LogP contribution in [0.15, 0.2) is 17.0 Å². The number of aryl methyl sites for hydroxylation is 2. The quantitative estimate of drug-likeness (QED) is 0.879. The van der Waals surface area contributed by atoms with Crippen molar-refractivity contribution in [1.82, 2.24) is 0 Å². The molecule has 1 heterocycles. The molecule has 0 radical (unpaired) electrons. The first-order valence-corrected chi connectivity index (χ1v) is 8.36. The van der Waals surface area contributed by atoms with Gasteiger partial charge in [-0.2, -0.15) is 0 Å². The number of primary sulfonamides is 1. The van der Waals surface area contributed by atoms with E-state index in [0.29, 0.717) is 42.9 Å². The van der Waals surface area contributed by atoms with Gasteiger partial charge in [-0.15, -0.1) is 0 Å². The van der Waals surface area contributed by atoms with Crippen molar-refractivity contribution < 1.29 is 17.9 Å². The Bertz CT molecular complexity index is 626. The fraction of sp³-hybridized carbons (Fsp3) is 0.500. The van der Waals surface area contributed by atoms with Crippen LogP contribution in [0, 0.1) is 19.8 Å². The molecule has 7 heteroatoms. The topological polar surface area (TPSA) is 98.5 Å². The molecule has 1 amide bonds. The second-order valence-electron chi connectivity index (χ2n) is 5.35. The van der Waals surface area contributed by atoms with Gasteiger partial charge in [0.15, 0.2) is 0 Å². The molecular weight excluding hydrogens is 292 g/mol. The molecule has 1 fully saturated rings. The van der Waals surface area contributed by atoms with Crippen molar-refractivity contribution in [3.63, 3.8) is 0 Å². The molecule has 1 aliphatic rings. The third-order valence-electron chi connectivity index (χ3n) is 3.68. The van der Waals surface area contributed by atoms with E-state index in [4.69, 9.17) is 9.88 Å². The van der Waals surface area contributed by atoms with E-state index in [1.165, 1.54) is 12.1 Å². The van der Waals surface area contributed by atoms with Crippen molar-refractivity contribution in [2.75, 3.05) is 18.5 Å². The van der Waals surface area contributed by atoms with Crippen molar-refractivity contribution in [2.45, 2.75) is 31.6 Å². The zero-order chi connectivity index (χ0) is 15.6. The fourth-order valence-electron chi connectivity index (χ4n) is 2.47. The Morgan fingerprint density at radius 3 is 2.24 bits per heavy atom. The summed E-state index contributed by atoms with van der Waals surface area (Å²) < 4.78 is 28.0. The minimum absolute atomic E-state index is 0.0483. The van der Waals surface area contributed by atoms with Crippen LogP contribution in [0.3, 0.4) is 0 Å². The molecule has 0 spiro atoms. The molecule has 1 aromatic rings. The highest BCUT2D eigenvalue weighted by atomic mass is 32.2. The van der Waals surface area contributed by atoms with Crippen molar-refractivity contribution in [2.24, 2.45) is 11.1 Å². The molecule has 1 saturated heterocycles. The molecule has 1 aromatic carbocycles. The maximum atomic E-state index is 12.2. The highest BCUT2D eigenvalue weighted by Gasteiger charge is 2.23. The number of benzene rings is 1. The van der Waals surface area contributed by atoms with Gasteiger partial charge in [-0.05, 0) is 49.9 Å². The molecule has 3 N–H and O–H groups in total. The van der Waals surface area contributed by atoms with Crippen molar-refractivity contribution in [1.29, 1.82) is 0 Å². The number of amides is 1. The summed E-state index contributed by atoms with van der Waals surface area (Å²) in [6.07, 6.45) is 1.42. The molecule has 0 saturated carbocycles. The lowest BCUT2D eigenvalue weighted by Gasteiger charge is -2.22. The minimum Gasteiger partial charge on any atom is -0.381 e. The van der Waals surface area contributed by atoms with E-state index >= 15 is 0 Å². The Hall–Kier alpha value is -1.44. The number of nitrogens with two attached hydrogens (primary N) is 1. The van der Waals surface area contributed by atoms with Gasteiger partial charge in [-0.3, -0.25) is 4.79 Å². The number of carbonyl (C=O) groups excluding carboxylic acids is 1. The monoisotopic (exact) mass is 312 g/mol. The molecule has 116 valence electrons. The van der Waals surface area contributed by atoms with Gasteiger partial charge < -0.3 is 10.1 Å². The Morgan fingerprint density at radius 2 is 1.76 bits per heavy atom. The number of ether oxygens (including phenoxy) is 1. The van der Waals surface area contributed by atoms with Crippen LogP contribution in [0.1, 0.15) is 24.0 Å². The molecule has 2 rings (SSSR count). The Kier molecular flexibility index (Phi) is 4.65. The van der Waals surface area contributed by atoms with Crippen molar-refractivity contribution in [3.8, 4) is 0 Å². The van der Waals surface area contributed by atoms with E-state index in [1.807, 2.05) is 0 Å². The number of carbonyl (C=O) groups is 1. The van der Waals surface area contributed by atoms with E-state index < -0.39 is 10.0 Å². The zero-order valence-electron chi connectivity index (χ0n) is 12.2. The number of anilines is 1. The highest BCUT2D eigenvalue weighted by molar-refractivity contribution is 7.89. The number of rotatable bonds is 3. The van der Waals surface area contributed by atoms with Gasteiger partial charge in [0.05, 0.1) is 4.90 Å². The molecule has 0 aromatic heterocycles. The van der Waals surface area contributed by atoms with E-state index in [-0.39, 0.29) is 16.7 Å². The normalized spacial score (nSPS) is 16.7. The predicted molar refractivity (Wildman–Crippen MR) is 79.5 cm³/mol. The maximum absolute atomic E-state index is 12.2. The summed E-state index contributed by atoms with van der Waals surface area (Å²) >= 11 is 0. The van der Waals surface area contributed by atoms with Crippen LogP contribution in [0.2, 0.25) is 0 Å². The second kappa shape index (κ2) is 6.13. The van der Waals surface area contributed by atoms with Crippen LogP contribution in [-0.2, 0) is 19.6 Å². The molecule has 21 heavy (non-hydrogen) atoms. The van der Waals surface area contributed by atoms with E-state index in [9.17, 15) is 13.2 Å². The fourth-order valence-corrected chi connectivity index (χ4v) is 3.15. The van der Waals surface area contributed by atoms with Gasteiger partial charge in [-0.1, -0.05) is 0 Å². The van der Waals surface area contributed by atoms with Crippen LogP contribution in [-0.4, -0.2) is 27.5 Å². The van der Waals surface area contributed by atoms with Gasteiger partial charge in [0.25, 0.3) is 0 Å². The van der Waals surface area contributed by atoms with E-state index in [1.54, 1.807) is 13.8 Å². The molecular formula is C14H20N2O4S. The summed E-state index contributed by atoms with van der Waals surface area (Å²) in [4.78, 5) is 12.3. The average Bonchev–Trinajstić information content (AvgIpc) is 2.42. The lowest BCUT2D eigenvalue weighted by molar-refractivity contribution is -0.122. The van der Waals surface area contributed by atoms with Gasteiger partial charge in [0, 0.05) is 24.8 Å². The Morgan fingerprint density at radius 1 is 1.24 bits per heavy atom. The maximum Gasteiger partial charge on any atom is 0.238 e. The van der Waals surface area contributed by atoms with Gasteiger partial charge in [-0.25, -0.2) is 13.6 Å². The highest BCUT2D eigenvalue weighted by Crippen LogP contribution is 2.26. The standard InChI is InChI=1S/C14H20N2O4S/c1-9-7-12(21(15,18)19)8-10(2)13(9)16-14(17)11-3-5-20-6-4-11/h7-8,11H,3-6H2,1-2H3,(H,16,17)(H2,15,18,19). The van der Waals surface area contributed by atoms with Gasteiger partial charge in [0.1, 0.15) is 0 Å². The van der Waals surface area contributed by atoms with E-state index in [2.05, 4.69) is 5.32 Å². The summed E-state index contributed by atoms with van der Waals surface area (Å²) in [5.74, 6) is -0.108. The Balaban J connectivity index is 2.22. The van der Waals surface area contributed by atoms with Crippen molar-refractivity contribution >= 4 is 21.6 Å². The molecule has 1 aliphatic heterocycles. The van der Waals surface area contributed by atoms with Gasteiger partial charge in [0.2, 0.25) is 15.9 Å². The predicted octanol–water partition coefficient (Wildman–Crippen LogP) is 1.32. The smallest absolute Gasteiger partial charge is 0.238 e. The number of nitrogens with one attached hydrogen (secondary N) is 1. The summed E-state index contributed by atoms with van der Waals surface area (Å²) in [6, 6.07) is 2.95. The minimum atomic E-state index is -3.74. The first-order chi connectivity index (χ1) is 9.79. The van der Waals surface area contributed by atoms with Crippen LogP contribution >= 0.6 is 0 Å². The average molecular weight is 312 g/mol. The zero-order valence-corrected chi connectivity index (χ0v) is 13.0. The van der Waals surface area contributed by atoms with E-state index in [0.717, 1.165) is 0 Å². The molecule has 0 atom stereocenters. The molecule has 0 bridgehead atoms. The molecule has 6 nitrogen and oxygen atoms in total.